The molecular formula is C9H10F3NO3S. The van der Waals surface area contributed by atoms with Gasteiger partial charge in [0.1, 0.15) is 0 Å². The van der Waals surface area contributed by atoms with Crippen LogP contribution in [0.5, 0.6) is 5.75 Å². The molecule has 8 heteroatoms. The fourth-order valence-corrected chi connectivity index (χ4v) is 1.57. The highest BCUT2D eigenvalue weighted by Gasteiger charge is 2.48. The number of aromatic nitrogens is 1. The highest BCUT2D eigenvalue weighted by molar-refractivity contribution is 7.88. The van der Waals surface area contributed by atoms with Gasteiger partial charge in [-0.25, -0.2) is 0 Å². The second-order valence-electron chi connectivity index (χ2n) is 3.55. The van der Waals surface area contributed by atoms with Gasteiger partial charge in [-0.05, 0) is 12.0 Å². The summed E-state index contributed by atoms with van der Waals surface area (Å²) in [7, 11) is -5.65. The molecule has 0 aliphatic heterocycles. The zero-order chi connectivity index (χ0) is 13.3. The maximum absolute atomic E-state index is 12.1. The first kappa shape index (κ1) is 13.8. The summed E-state index contributed by atoms with van der Waals surface area (Å²) in [5, 5.41) is 0. The van der Waals surface area contributed by atoms with Gasteiger partial charge in [-0.3, -0.25) is 4.98 Å². The highest BCUT2D eigenvalue weighted by atomic mass is 32.2. The van der Waals surface area contributed by atoms with E-state index in [9.17, 15) is 21.6 Å². The standard InChI is InChI=1S/C9H10F3NO3S/c1-6(2)7-3-4-13-5-8(7)16-17(14,15)9(10,11)12/h3-6H,1-2H3. The lowest BCUT2D eigenvalue weighted by Crippen LogP contribution is -2.28. The van der Waals surface area contributed by atoms with Crippen molar-refractivity contribution in [3.63, 3.8) is 0 Å². The van der Waals surface area contributed by atoms with E-state index in [4.69, 9.17) is 0 Å². The minimum atomic E-state index is -5.65. The number of alkyl halides is 3. The zero-order valence-electron chi connectivity index (χ0n) is 9.02. The Morgan fingerprint density at radius 1 is 1.35 bits per heavy atom. The monoisotopic (exact) mass is 269 g/mol. The average Bonchev–Trinajstić information content (AvgIpc) is 2.15. The van der Waals surface area contributed by atoms with E-state index in [1.165, 1.54) is 12.3 Å². The molecule has 1 heterocycles. The quantitative estimate of drug-likeness (QED) is 0.624. The van der Waals surface area contributed by atoms with Gasteiger partial charge in [-0.15, -0.1) is 0 Å². The van der Waals surface area contributed by atoms with Crippen molar-refractivity contribution in [3.8, 4) is 5.75 Å². The van der Waals surface area contributed by atoms with Crippen LogP contribution in [0.4, 0.5) is 13.2 Å². The van der Waals surface area contributed by atoms with Gasteiger partial charge in [0.15, 0.2) is 5.75 Å². The summed E-state index contributed by atoms with van der Waals surface area (Å²) >= 11 is 0. The van der Waals surface area contributed by atoms with Crippen LogP contribution in [0.1, 0.15) is 25.3 Å². The molecule has 0 spiro atoms. The Hall–Kier alpha value is -1.31. The van der Waals surface area contributed by atoms with Crippen LogP contribution >= 0.6 is 0 Å². The van der Waals surface area contributed by atoms with Gasteiger partial charge in [-0.2, -0.15) is 21.6 Å². The third-order valence-corrected chi connectivity index (χ3v) is 2.89. The van der Waals surface area contributed by atoms with Crippen molar-refractivity contribution in [3.05, 3.63) is 24.0 Å². The lowest BCUT2D eigenvalue weighted by molar-refractivity contribution is -0.0500. The minimum absolute atomic E-state index is 0.184. The molecule has 1 aromatic rings. The highest BCUT2D eigenvalue weighted by Crippen LogP contribution is 2.31. The Balaban J connectivity index is 3.13. The Morgan fingerprint density at radius 2 is 1.94 bits per heavy atom. The normalized spacial score (nSPS) is 12.8. The smallest absolute Gasteiger partial charge is 0.374 e. The van der Waals surface area contributed by atoms with Crippen LogP contribution in [0.25, 0.3) is 0 Å². The van der Waals surface area contributed by atoms with Gasteiger partial charge in [0, 0.05) is 11.8 Å². The molecule has 0 unspecified atom stereocenters. The van der Waals surface area contributed by atoms with Crippen molar-refractivity contribution in [1.82, 2.24) is 4.98 Å². The molecule has 1 aromatic heterocycles. The van der Waals surface area contributed by atoms with Crippen LogP contribution in [0, 0.1) is 0 Å². The second kappa shape index (κ2) is 4.52. The molecule has 17 heavy (non-hydrogen) atoms. The molecule has 0 aliphatic rings. The van der Waals surface area contributed by atoms with Crippen molar-refractivity contribution < 1.29 is 25.8 Å². The van der Waals surface area contributed by atoms with Crippen LogP contribution in [0.15, 0.2) is 18.5 Å². The molecule has 0 radical (unpaired) electrons. The fraction of sp³-hybridized carbons (Fsp3) is 0.444. The first-order chi connectivity index (χ1) is 7.65. The Kier molecular flexibility index (Phi) is 3.65. The predicted octanol–water partition coefficient (Wildman–Crippen LogP) is 2.43. The minimum Gasteiger partial charge on any atom is -0.374 e. The van der Waals surface area contributed by atoms with Crippen molar-refractivity contribution in [2.24, 2.45) is 0 Å². The van der Waals surface area contributed by atoms with Gasteiger partial charge in [0.25, 0.3) is 0 Å². The van der Waals surface area contributed by atoms with Crippen molar-refractivity contribution in [2.45, 2.75) is 25.3 Å². The molecule has 1 rings (SSSR count). The van der Waals surface area contributed by atoms with Gasteiger partial charge in [0.05, 0.1) is 6.20 Å². The zero-order valence-corrected chi connectivity index (χ0v) is 9.84. The van der Waals surface area contributed by atoms with Crippen molar-refractivity contribution in [1.29, 1.82) is 0 Å². The van der Waals surface area contributed by atoms with E-state index in [2.05, 4.69) is 9.17 Å². The van der Waals surface area contributed by atoms with Crippen LogP contribution in [0.3, 0.4) is 0 Å². The summed E-state index contributed by atoms with van der Waals surface area (Å²) in [4.78, 5) is 3.54. The van der Waals surface area contributed by atoms with E-state index < -0.39 is 21.4 Å². The lowest BCUT2D eigenvalue weighted by atomic mass is 10.0. The number of pyridine rings is 1. The molecule has 0 saturated carbocycles. The van der Waals surface area contributed by atoms with E-state index >= 15 is 0 Å². The topological polar surface area (TPSA) is 56.3 Å². The summed E-state index contributed by atoms with van der Waals surface area (Å²) in [5.74, 6) is -0.587. The number of nitrogens with zero attached hydrogens (tertiary/aromatic N) is 1. The first-order valence-corrected chi connectivity index (χ1v) is 6.00. The van der Waals surface area contributed by atoms with Crippen LogP contribution in [-0.4, -0.2) is 18.9 Å². The first-order valence-electron chi connectivity index (χ1n) is 4.60. The summed E-state index contributed by atoms with van der Waals surface area (Å²) < 4.78 is 62.0. The Bertz CT molecular complexity index is 496. The molecule has 0 bridgehead atoms. The maximum atomic E-state index is 12.1. The van der Waals surface area contributed by atoms with E-state index in [0.29, 0.717) is 5.56 Å². The number of halogens is 3. The Labute approximate surface area is 96.6 Å². The second-order valence-corrected chi connectivity index (χ2v) is 5.09. The number of hydrogen-bond acceptors (Lipinski definition) is 4. The summed E-state index contributed by atoms with van der Waals surface area (Å²) in [5.41, 5.74) is -5.11. The molecule has 0 aromatic carbocycles. The van der Waals surface area contributed by atoms with E-state index in [1.54, 1.807) is 13.8 Å². The molecule has 96 valence electrons. The van der Waals surface area contributed by atoms with Crippen molar-refractivity contribution >= 4 is 10.1 Å². The van der Waals surface area contributed by atoms with Crippen LogP contribution < -0.4 is 4.18 Å². The molecule has 0 amide bonds. The SMILES string of the molecule is CC(C)c1ccncc1OS(=O)(=O)C(F)(F)F. The number of hydrogen-bond donors (Lipinski definition) is 0. The maximum Gasteiger partial charge on any atom is 0.534 e. The molecular weight excluding hydrogens is 259 g/mol. The predicted molar refractivity (Wildman–Crippen MR) is 53.9 cm³/mol. The molecule has 4 nitrogen and oxygen atoms in total. The van der Waals surface area contributed by atoms with E-state index in [-0.39, 0.29) is 5.92 Å². The van der Waals surface area contributed by atoms with Gasteiger partial charge in [-0.1, -0.05) is 13.8 Å². The number of rotatable bonds is 3. The lowest BCUT2D eigenvalue weighted by Gasteiger charge is -2.13. The van der Waals surface area contributed by atoms with Gasteiger partial charge >= 0.3 is 15.6 Å². The molecule has 0 N–H and O–H groups in total. The average molecular weight is 269 g/mol. The molecule has 0 atom stereocenters. The van der Waals surface area contributed by atoms with Crippen LogP contribution in [-0.2, 0) is 10.1 Å². The van der Waals surface area contributed by atoms with E-state index in [1.807, 2.05) is 0 Å². The fourth-order valence-electron chi connectivity index (χ4n) is 1.10. The molecule has 0 saturated heterocycles. The summed E-state index contributed by atoms with van der Waals surface area (Å²) in [6.07, 6.45) is 2.29. The van der Waals surface area contributed by atoms with Crippen LogP contribution in [0.2, 0.25) is 0 Å². The third-order valence-electron chi connectivity index (χ3n) is 1.92. The van der Waals surface area contributed by atoms with E-state index in [0.717, 1.165) is 6.20 Å². The Morgan fingerprint density at radius 3 is 2.41 bits per heavy atom. The third kappa shape index (κ3) is 3.09. The molecule has 0 aliphatic carbocycles. The molecule has 0 fully saturated rings. The van der Waals surface area contributed by atoms with Gasteiger partial charge < -0.3 is 4.18 Å². The summed E-state index contributed by atoms with van der Waals surface area (Å²) in [6, 6.07) is 1.41. The summed E-state index contributed by atoms with van der Waals surface area (Å²) in [6.45, 7) is 3.39. The van der Waals surface area contributed by atoms with Crippen molar-refractivity contribution in [2.75, 3.05) is 0 Å². The largest absolute Gasteiger partial charge is 0.534 e. The van der Waals surface area contributed by atoms with Gasteiger partial charge in [0.2, 0.25) is 0 Å².